The van der Waals surface area contributed by atoms with Crippen molar-refractivity contribution in [1.29, 1.82) is 0 Å². The molecule has 0 saturated heterocycles. The molecule has 3 amide bonds. The molecule has 0 aliphatic rings. The van der Waals surface area contributed by atoms with E-state index in [1.165, 1.54) is 6.26 Å². The summed E-state index contributed by atoms with van der Waals surface area (Å²) in [7, 11) is 0. The van der Waals surface area contributed by atoms with Crippen LogP contribution >= 0.6 is 0 Å². The van der Waals surface area contributed by atoms with Crippen molar-refractivity contribution in [1.82, 2.24) is 10.6 Å². The molecule has 1 heterocycles. The molecular formula is C21H21N3O3. The van der Waals surface area contributed by atoms with Crippen LogP contribution in [0.2, 0.25) is 0 Å². The predicted molar refractivity (Wildman–Crippen MR) is 103 cm³/mol. The lowest BCUT2D eigenvalue weighted by atomic mass is 10.1. The lowest BCUT2D eigenvalue weighted by Crippen LogP contribution is -2.36. The molecule has 3 N–H and O–H groups in total. The standard InChI is InChI=1S/C21H21N3O3/c1-15(17-6-3-2-4-7-17)23-21(26)22-14-16-9-11-18(12-10-16)24-20(25)19-8-5-13-27-19/h2-13,15H,14H2,1H3,(H,24,25)(H2,22,23,26)/t15-/m0/s1. The van der Waals surface area contributed by atoms with Gasteiger partial charge in [-0.25, -0.2) is 4.79 Å². The van der Waals surface area contributed by atoms with Crippen LogP contribution in [-0.2, 0) is 6.54 Å². The van der Waals surface area contributed by atoms with E-state index in [0.29, 0.717) is 12.2 Å². The zero-order valence-corrected chi connectivity index (χ0v) is 14.9. The van der Waals surface area contributed by atoms with Crippen molar-refractivity contribution < 1.29 is 14.0 Å². The molecule has 2 aromatic carbocycles. The number of carbonyl (C=O) groups is 2. The number of carbonyl (C=O) groups excluding carboxylic acids is 2. The van der Waals surface area contributed by atoms with E-state index in [4.69, 9.17) is 4.42 Å². The minimum absolute atomic E-state index is 0.0783. The molecule has 138 valence electrons. The Kier molecular flexibility index (Phi) is 5.89. The van der Waals surface area contributed by atoms with E-state index in [1.54, 1.807) is 24.3 Å². The molecule has 3 aromatic rings. The third-order valence-corrected chi connectivity index (χ3v) is 4.06. The van der Waals surface area contributed by atoms with Gasteiger partial charge in [-0.2, -0.15) is 0 Å². The normalized spacial score (nSPS) is 11.4. The lowest BCUT2D eigenvalue weighted by molar-refractivity contribution is 0.0996. The molecule has 0 aliphatic heterocycles. The minimum Gasteiger partial charge on any atom is -0.459 e. The van der Waals surface area contributed by atoms with Gasteiger partial charge in [-0.15, -0.1) is 0 Å². The largest absolute Gasteiger partial charge is 0.459 e. The van der Waals surface area contributed by atoms with Crippen LogP contribution in [0.5, 0.6) is 0 Å². The number of anilines is 1. The van der Waals surface area contributed by atoms with Crippen molar-refractivity contribution in [3.8, 4) is 0 Å². The number of benzene rings is 2. The number of hydrogen-bond donors (Lipinski definition) is 3. The first-order valence-corrected chi connectivity index (χ1v) is 8.65. The summed E-state index contributed by atoms with van der Waals surface area (Å²) in [6, 6.07) is 20.0. The Labute approximate surface area is 157 Å². The molecule has 3 rings (SSSR count). The highest BCUT2D eigenvalue weighted by atomic mass is 16.3. The summed E-state index contributed by atoms with van der Waals surface area (Å²) in [4.78, 5) is 24.0. The molecular weight excluding hydrogens is 342 g/mol. The fourth-order valence-corrected chi connectivity index (χ4v) is 2.56. The van der Waals surface area contributed by atoms with Crippen molar-refractivity contribution >= 4 is 17.6 Å². The van der Waals surface area contributed by atoms with E-state index in [2.05, 4.69) is 16.0 Å². The molecule has 1 aromatic heterocycles. The highest BCUT2D eigenvalue weighted by molar-refractivity contribution is 6.02. The van der Waals surface area contributed by atoms with Crippen molar-refractivity contribution in [2.24, 2.45) is 0 Å². The molecule has 0 radical (unpaired) electrons. The van der Waals surface area contributed by atoms with Crippen LogP contribution in [0.1, 0.15) is 34.6 Å². The van der Waals surface area contributed by atoms with E-state index >= 15 is 0 Å². The van der Waals surface area contributed by atoms with Crippen LogP contribution < -0.4 is 16.0 Å². The SMILES string of the molecule is C[C@H](NC(=O)NCc1ccc(NC(=O)c2ccco2)cc1)c1ccccc1. The molecule has 0 aliphatic carbocycles. The topological polar surface area (TPSA) is 83.4 Å². The predicted octanol–water partition coefficient (Wildman–Crippen LogP) is 4.09. The Balaban J connectivity index is 1.47. The van der Waals surface area contributed by atoms with Crippen LogP contribution in [0.4, 0.5) is 10.5 Å². The first-order valence-electron chi connectivity index (χ1n) is 8.65. The maximum absolute atomic E-state index is 12.1. The monoisotopic (exact) mass is 363 g/mol. The summed E-state index contributed by atoms with van der Waals surface area (Å²) in [5.74, 6) is -0.0508. The summed E-state index contributed by atoms with van der Waals surface area (Å²) < 4.78 is 5.05. The fourth-order valence-electron chi connectivity index (χ4n) is 2.56. The molecule has 0 fully saturated rings. The Morgan fingerprint density at radius 1 is 0.963 bits per heavy atom. The molecule has 0 bridgehead atoms. The smallest absolute Gasteiger partial charge is 0.315 e. The summed E-state index contributed by atoms with van der Waals surface area (Å²) in [6.45, 7) is 2.32. The van der Waals surface area contributed by atoms with Crippen LogP contribution in [-0.4, -0.2) is 11.9 Å². The van der Waals surface area contributed by atoms with Gasteiger partial charge in [0, 0.05) is 12.2 Å². The maximum Gasteiger partial charge on any atom is 0.315 e. The molecule has 1 atom stereocenters. The van der Waals surface area contributed by atoms with E-state index in [0.717, 1.165) is 11.1 Å². The Hall–Kier alpha value is -3.54. The molecule has 27 heavy (non-hydrogen) atoms. The molecule has 0 spiro atoms. The van der Waals surface area contributed by atoms with Gasteiger partial charge in [0.2, 0.25) is 0 Å². The van der Waals surface area contributed by atoms with Crippen LogP contribution in [0.15, 0.2) is 77.4 Å². The third kappa shape index (κ3) is 5.22. The Bertz CT molecular complexity index is 875. The van der Waals surface area contributed by atoms with Gasteiger partial charge in [0.15, 0.2) is 5.76 Å². The van der Waals surface area contributed by atoms with Gasteiger partial charge in [-0.1, -0.05) is 42.5 Å². The first-order chi connectivity index (χ1) is 13.1. The zero-order valence-electron chi connectivity index (χ0n) is 14.9. The second-order valence-corrected chi connectivity index (χ2v) is 6.09. The number of hydrogen-bond acceptors (Lipinski definition) is 3. The maximum atomic E-state index is 12.1. The minimum atomic E-state index is -0.305. The molecule has 0 unspecified atom stereocenters. The van der Waals surface area contributed by atoms with Gasteiger partial charge in [0.25, 0.3) is 5.91 Å². The van der Waals surface area contributed by atoms with Gasteiger partial charge < -0.3 is 20.4 Å². The highest BCUT2D eigenvalue weighted by Crippen LogP contribution is 2.13. The summed E-state index contributed by atoms with van der Waals surface area (Å²) >= 11 is 0. The highest BCUT2D eigenvalue weighted by Gasteiger charge is 2.10. The van der Waals surface area contributed by atoms with Gasteiger partial charge in [0.05, 0.1) is 12.3 Å². The van der Waals surface area contributed by atoms with E-state index in [-0.39, 0.29) is 23.7 Å². The van der Waals surface area contributed by atoms with Crippen LogP contribution in [0.3, 0.4) is 0 Å². The van der Waals surface area contributed by atoms with E-state index < -0.39 is 0 Å². The van der Waals surface area contributed by atoms with Gasteiger partial charge in [-0.05, 0) is 42.3 Å². The number of amides is 3. The van der Waals surface area contributed by atoms with E-state index in [9.17, 15) is 9.59 Å². The second-order valence-electron chi connectivity index (χ2n) is 6.09. The average Bonchev–Trinajstić information content (AvgIpc) is 3.23. The second kappa shape index (κ2) is 8.71. The van der Waals surface area contributed by atoms with Crippen LogP contribution in [0.25, 0.3) is 0 Å². The number of nitrogens with one attached hydrogen (secondary N) is 3. The molecule has 6 nitrogen and oxygen atoms in total. The third-order valence-electron chi connectivity index (χ3n) is 4.06. The van der Waals surface area contributed by atoms with Crippen molar-refractivity contribution in [3.05, 3.63) is 89.9 Å². The van der Waals surface area contributed by atoms with Crippen LogP contribution in [0, 0.1) is 0 Å². The first kappa shape index (κ1) is 18.3. The van der Waals surface area contributed by atoms with Crippen molar-refractivity contribution in [2.75, 3.05) is 5.32 Å². The quantitative estimate of drug-likeness (QED) is 0.617. The summed E-state index contributed by atoms with van der Waals surface area (Å²) in [5.41, 5.74) is 2.63. The molecule has 6 heteroatoms. The van der Waals surface area contributed by atoms with Gasteiger partial charge >= 0.3 is 6.03 Å². The lowest BCUT2D eigenvalue weighted by Gasteiger charge is -2.15. The number of urea groups is 1. The number of rotatable bonds is 6. The van der Waals surface area contributed by atoms with Crippen molar-refractivity contribution in [2.45, 2.75) is 19.5 Å². The Morgan fingerprint density at radius 3 is 2.37 bits per heavy atom. The zero-order chi connectivity index (χ0) is 19.1. The Morgan fingerprint density at radius 2 is 1.70 bits per heavy atom. The fraction of sp³-hybridized carbons (Fsp3) is 0.143. The summed E-state index contributed by atoms with van der Waals surface area (Å²) in [6.07, 6.45) is 1.45. The van der Waals surface area contributed by atoms with Crippen molar-refractivity contribution in [3.63, 3.8) is 0 Å². The van der Waals surface area contributed by atoms with Gasteiger partial charge in [0.1, 0.15) is 0 Å². The van der Waals surface area contributed by atoms with Gasteiger partial charge in [-0.3, -0.25) is 4.79 Å². The number of furan rings is 1. The molecule has 0 saturated carbocycles. The van der Waals surface area contributed by atoms with E-state index in [1.807, 2.05) is 49.4 Å². The summed E-state index contributed by atoms with van der Waals surface area (Å²) in [5, 5.41) is 8.48. The average molecular weight is 363 g/mol.